The highest BCUT2D eigenvalue weighted by molar-refractivity contribution is 7.99. The summed E-state index contributed by atoms with van der Waals surface area (Å²) in [5.74, 6) is 1.05. The van der Waals surface area contributed by atoms with Gasteiger partial charge >= 0.3 is 0 Å². The maximum absolute atomic E-state index is 9.42. The third-order valence-corrected chi connectivity index (χ3v) is 3.21. The number of unbranched alkanes of at least 4 members (excludes halogenated alkanes) is 1. The van der Waals surface area contributed by atoms with E-state index >= 15 is 0 Å². The topological polar surface area (TPSA) is 42.4 Å². The highest BCUT2D eigenvalue weighted by Gasteiger charge is 2.02. The zero-order valence-corrected chi connectivity index (χ0v) is 10.4. The Balaban J connectivity index is 2.00. The lowest BCUT2D eigenvalue weighted by Crippen LogP contribution is -2.13. The second-order valence-electron chi connectivity index (χ2n) is 3.62. The van der Waals surface area contributed by atoms with Crippen LogP contribution in [0.3, 0.4) is 0 Å². The van der Waals surface area contributed by atoms with Crippen LogP contribution in [-0.4, -0.2) is 35.7 Å². The molecule has 0 radical (unpaired) electrons. The Hall–Kier alpha value is -0.580. The largest absolute Gasteiger partial charge is 0.391 e. The molecular formula is C12H19NO2S. The van der Waals surface area contributed by atoms with Gasteiger partial charge in [-0.25, -0.2) is 4.98 Å². The number of hydrogen-bond donors (Lipinski definition) is 1. The Morgan fingerprint density at radius 3 is 3.00 bits per heavy atom. The number of aromatic nitrogens is 1. The van der Waals surface area contributed by atoms with Gasteiger partial charge in [-0.2, -0.15) is 0 Å². The van der Waals surface area contributed by atoms with E-state index in [1.54, 1.807) is 18.9 Å². The van der Waals surface area contributed by atoms with Crippen LogP contribution in [0.15, 0.2) is 29.4 Å². The Morgan fingerprint density at radius 1 is 1.44 bits per heavy atom. The first-order valence-corrected chi connectivity index (χ1v) is 6.52. The van der Waals surface area contributed by atoms with E-state index in [2.05, 4.69) is 4.98 Å². The summed E-state index contributed by atoms with van der Waals surface area (Å²) in [5, 5.41) is 10.5. The average Bonchev–Trinajstić information content (AvgIpc) is 2.30. The van der Waals surface area contributed by atoms with Gasteiger partial charge in [0.2, 0.25) is 0 Å². The van der Waals surface area contributed by atoms with E-state index in [4.69, 9.17) is 4.74 Å². The fraction of sp³-hybridized carbons (Fsp3) is 0.583. The van der Waals surface area contributed by atoms with Gasteiger partial charge in [0.1, 0.15) is 0 Å². The van der Waals surface area contributed by atoms with Crippen LogP contribution >= 0.6 is 11.8 Å². The fourth-order valence-corrected chi connectivity index (χ4v) is 2.23. The van der Waals surface area contributed by atoms with Crippen molar-refractivity contribution in [3.63, 3.8) is 0 Å². The predicted molar refractivity (Wildman–Crippen MR) is 66.7 cm³/mol. The van der Waals surface area contributed by atoms with Gasteiger partial charge in [-0.3, -0.25) is 0 Å². The van der Waals surface area contributed by atoms with Crippen molar-refractivity contribution in [3.8, 4) is 0 Å². The fourth-order valence-electron chi connectivity index (χ4n) is 1.37. The lowest BCUT2D eigenvalue weighted by atomic mass is 10.2. The summed E-state index contributed by atoms with van der Waals surface area (Å²) in [6, 6.07) is 5.94. The van der Waals surface area contributed by atoms with Gasteiger partial charge in [0.25, 0.3) is 0 Å². The number of nitrogens with zero attached hydrogens (tertiary/aromatic N) is 1. The molecule has 1 N–H and O–H groups in total. The molecule has 0 bridgehead atoms. The predicted octanol–water partition coefficient (Wildman–Crippen LogP) is 2.35. The molecule has 1 unspecified atom stereocenters. The minimum atomic E-state index is -0.315. The molecule has 1 aromatic rings. The van der Waals surface area contributed by atoms with Crippen LogP contribution in [0.5, 0.6) is 0 Å². The van der Waals surface area contributed by atoms with Crippen molar-refractivity contribution in [3.05, 3.63) is 24.4 Å². The third-order valence-electron chi connectivity index (χ3n) is 2.18. The maximum Gasteiger partial charge on any atom is 0.0959 e. The molecule has 3 nitrogen and oxygen atoms in total. The van der Waals surface area contributed by atoms with Crippen molar-refractivity contribution in [1.29, 1.82) is 0 Å². The van der Waals surface area contributed by atoms with Crippen molar-refractivity contribution in [1.82, 2.24) is 4.98 Å². The standard InChI is InChI=1S/C12H19NO2S/c1-15-10-11(14)6-3-5-9-16-12-7-2-4-8-13-12/h2,4,7-8,11,14H,3,5-6,9-10H2,1H3. The molecular weight excluding hydrogens is 222 g/mol. The van der Waals surface area contributed by atoms with Crippen LogP contribution in [0.1, 0.15) is 19.3 Å². The summed E-state index contributed by atoms with van der Waals surface area (Å²) in [5.41, 5.74) is 0. The number of aliphatic hydroxyl groups is 1. The van der Waals surface area contributed by atoms with E-state index in [0.29, 0.717) is 6.61 Å². The molecule has 16 heavy (non-hydrogen) atoms. The van der Waals surface area contributed by atoms with Crippen LogP contribution < -0.4 is 0 Å². The van der Waals surface area contributed by atoms with E-state index in [9.17, 15) is 5.11 Å². The van der Waals surface area contributed by atoms with Crippen molar-refractivity contribution in [2.24, 2.45) is 0 Å². The highest BCUT2D eigenvalue weighted by atomic mass is 32.2. The van der Waals surface area contributed by atoms with Gasteiger partial charge in [-0.15, -0.1) is 11.8 Å². The SMILES string of the molecule is COCC(O)CCCCSc1ccccn1. The number of methoxy groups -OCH3 is 1. The normalized spacial score (nSPS) is 12.6. The summed E-state index contributed by atoms with van der Waals surface area (Å²) in [7, 11) is 1.61. The maximum atomic E-state index is 9.42. The second-order valence-corrected chi connectivity index (χ2v) is 4.74. The van der Waals surface area contributed by atoms with Crippen LogP contribution in [0.2, 0.25) is 0 Å². The molecule has 4 heteroatoms. The number of pyridine rings is 1. The van der Waals surface area contributed by atoms with Crippen LogP contribution in [-0.2, 0) is 4.74 Å². The van der Waals surface area contributed by atoms with Crippen LogP contribution in [0.25, 0.3) is 0 Å². The summed E-state index contributed by atoms with van der Waals surface area (Å²) in [4.78, 5) is 4.23. The number of thioether (sulfide) groups is 1. The molecule has 1 aromatic heterocycles. The lowest BCUT2D eigenvalue weighted by molar-refractivity contribution is 0.0580. The Morgan fingerprint density at radius 2 is 2.31 bits per heavy atom. The molecule has 0 amide bonds. The Labute approximate surface area is 101 Å². The number of ether oxygens (including phenoxy) is 1. The van der Waals surface area contributed by atoms with Crippen molar-refractivity contribution in [2.75, 3.05) is 19.5 Å². The molecule has 0 spiro atoms. The van der Waals surface area contributed by atoms with Crippen molar-refractivity contribution in [2.45, 2.75) is 30.4 Å². The molecule has 1 rings (SSSR count). The first-order chi connectivity index (χ1) is 7.83. The lowest BCUT2D eigenvalue weighted by Gasteiger charge is -2.08. The van der Waals surface area contributed by atoms with Gasteiger partial charge in [-0.1, -0.05) is 6.07 Å². The Bertz CT molecular complexity index is 269. The quantitative estimate of drug-likeness (QED) is 0.560. The number of hydrogen-bond acceptors (Lipinski definition) is 4. The third kappa shape index (κ3) is 6.10. The molecule has 0 saturated carbocycles. The molecule has 1 heterocycles. The van der Waals surface area contributed by atoms with Gasteiger partial charge in [0.05, 0.1) is 17.7 Å². The minimum absolute atomic E-state index is 0.315. The molecule has 0 aliphatic rings. The molecule has 0 aromatic carbocycles. The van der Waals surface area contributed by atoms with Crippen LogP contribution in [0, 0.1) is 0 Å². The van der Waals surface area contributed by atoms with E-state index < -0.39 is 0 Å². The summed E-state index contributed by atoms with van der Waals surface area (Å²) < 4.78 is 4.86. The molecule has 1 atom stereocenters. The monoisotopic (exact) mass is 241 g/mol. The average molecular weight is 241 g/mol. The zero-order valence-electron chi connectivity index (χ0n) is 9.63. The highest BCUT2D eigenvalue weighted by Crippen LogP contribution is 2.16. The van der Waals surface area contributed by atoms with E-state index in [1.807, 2.05) is 24.4 Å². The van der Waals surface area contributed by atoms with Gasteiger partial charge in [0.15, 0.2) is 0 Å². The van der Waals surface area contributed by atoms with Gasteiger partial charge in [-0.05, 0) is 37.1 Å². The summed E-state index contributed by atoms with van der Waals surface area (Å²) >= 11 is 1.76. The van der Waals surface area contributed by atoms with Crippen molar-refractivity contribution < 1.29 is 9.84 Å². The molecule has 0 fully saturated rings. The first kappa shape index (κ1) is 13.5. The molecule has 90 valence electrons. The van der Waals surface area contributed by atoms with E-state index in [-0.39, 0.29) is 6.10 Å². The molecule has 0 saturated heterocycles. The minimum Gasteiger partial charge on any atom is -0.391 e. The van der Waals surface area contributed by atoms with E-state index in [0.717, 1.165) is 30.0 Å². The number of aliphatic hydroxyl groups excluding tert-OH is 1. The van der Waals surface area contributed by atoms with Gasteiger partial charge in [0, 0.05) is 13.3 Å². The first-order valence-electron chi connectivity index (χ1n) is 5.53. The number of rotatable bonds is 8. The Kier molecular flexibility index (Phi) is 7.21. The van der Waals surface area contributed by atoms with E-state index in [1.165, 1.54) is 0 Å². The summed E-state index contributed by atoms with van der Waals surface area (Å²) in [6.45, 7) is 0.438. The molecule has 0 aliphatic carbocycles. The second kappa shape index (κ2) is 8.56. The van der Waals surface area contributed by atoms with Crippen LogP contribution in [0.4, 0.5) is 0 Å². The smallest absolute Gasteiger partial charge is 0.0959 e. The molecule has 0 aliphatic heterocycles. The zero-order chi connectivity index (χ0) is 11.6. The van der Waals surface area contributed by atoms with Crippen molar-refractivity contribution >= 4 is 11.8 Å². The van der Waals surface area contributed by atoms with Gasteiger partial charge < -0.3 is 9.84 Å². The summed E-state index contributed by atoms with van der Waals surface area (Å²) in [6.07, 6.45) is 4.44.